The molecule has 5 N–H and O–H groups in total. The molecule has 3 atom stereocenters. The van der Waals surface area contributed by atoms with E-state index in [0.717, 1.165) is 24.0 Å². The fraction of sp³-hybridized carbons (Fsp3) is 0.419. The summed E-state index contributed by atoms with van der Waals surface area (Å²) < 4.78 is 1.84. The van der Waals surface area contributed by atoms with E-state index in [4.69, 9.17) is 5.73 Å². The summed E-state index contributed by atoms with van der Waals surface area (Å²) in [6, 6.07) is 16.8. The SMILES string of the molecule is CCc1ccc(C(CC)(NC(=O)c2cnn3c2N[C@@H](c2ccccc2)CC3(C)C)C(=O)NC(CC)C(N)=O)cc1. The average Bonchev–Trinajstić information content (AvgIpc) is 3.40. The van der Waals surface area contributed by atoms with E-state index >= 15 is 0 Å². The van der Waals surface area contributed by atoms with Crippen LogP contribution in [0.15, 0.2) is 60.8 Å². The number of rotatable bonds is 10. The van der Waals surface area contributed by atoms with Gasteiger partial charge >= 0.3 is 0 Å². The summed E-state index contributed by atoms with van der Waals surface area (Å²) in [5, 5.41) is 13.9. The largest absolute Gasteiger partial charge is 0.368 e. The van der Waals surface area contributed by atoms with E-state index in [2.05, 4.69) is 54.0 Å². The minimum atomic E-state index is -1.44. The number of benzene rings is 2. The van der Waals surface area contributed by atoms with Crippen LogP contribution in [0.4, 0.5) is 5.82 Å². The first-order valence-electron chi connectivity index (χ1n) is 14.0. The molecule has 0 aliphatic carbocycles. The highest BCUT2D eigenvalue weighted by molar-refractivity contribution is 6.03. The van der Waals surface area contributed by atoms with Crippen LogP contribution in [0.3, 0.4) is 0 Å². The number of nitrogens with one attached hydrogen (secondary N) is 3. The number of carbonyl (C=O) groups is 3. The highest BCUT2D eigenvalue weighted by Crippen LogP contribution is 2.40. The Labute approximate surface area is 235 Å². The number of amides is 3. The quantitative estimate of drug-likeness (QED) is 0.305. The molecule has 40 heavy (non-hydrogen) atoms. The summed E-state index contributed by atoms with van der Waals surface area (Å²) in [6.07, 6.45) is 3.75. The van der Waals surface area contributed by atoms with Gasteiger partial charge in [0.25, 0.3) is 11.8 Å². The highest BCUT2D eigenvalue weighted by atomic mass is 16.2. The van der Waals surface area contributed by atoms with Crippen LogP contribution >= 0.6 is 0 Å². The number of nitrogens with zero attached hydrogens (tertiary/aromatic N) is 2. The lowest BCUT2D eigenvalue weighted by Gasteiger charge is -2.38. The van der Waals surface area contributed by atoms with Crippen molar-refractivity contribution >= 4 is 23.5 Å². The van der Waals surface area contributed by atoms with E-state index < -0.39 is 29.3 Å². The summed E-state index contributed by atoms with van der Waals surface area (Å²) in [6.45, 7) is 9.84. The van der Waals surface area contributed by atoms with Gasteiger partial charge in [0.05, 0.1) is 17.8 Å². The van der Waals surface area contributed by atoms with Crippen molar-refractivity contribution in [2.24, 2.45) is 5.73 Å². The third-order valence-electron chi connectivity index (χ3n) is 7.96. The molecule has 0 spiro atoms. The molecular weight excluding hydrogens is 504 g/mol. The number of aromatic nitrogens is 2. The molecule has 0 bridgehead atoms. The Morgan fingerprint density at radius 1 is 1.10 bits per heavy atom. The summed E-state index contributed by atoms with van der Waals surface area (Å²) >= 11 is 0. The lowest BCUT2D eigenvalue weighted by Crippen LogP contribution is -2.59. The predicted molar refractivity (Wildman–Crippen MR) is 156 cm³/mol. The lowest BCUT2D eigenvalue weighted by atomic mass is 9.84. The van der Waals surface area contributed by atoms with Gasteiger partial charge in [-0.2, -0.15) is 5.10 Å². The number of primary amides is 1. The molecule has 1 aliphatic rings. The molecule has 3 aromatic rings. The Bertz CT molecular complexity index is 1370. The molecule has 9 heteroatoms. The maximum absolute atomic E-state index is 14.0. The molecule has 2 aromatic carbocycles. The Kier molecular flexibility index (Phi) is 8.32. The number of carbonyl (C=O) groups excluding carboxylic acids is 3. The predicted octanol–water partition coefficient (Wildman–Crippen LogP) is 4.15. The molecule has 9 nitrogen and oxygen atoms in total. The summed E-state index contributed by atoms with van der Waals surface area (Å²) in [5.41, 5.74) is 6.92. The van der Waals surface area contributed by atoms with E-state index in [-0.39, 0.29) is 18.0 Å². The zero-order valence-corrected chi connectivity index (χ0v) is 24.0. The third-order valence-corrected chi connectivity index (χ3v) is 7.96. The van der Waals surface area contributed by atoms with Crippen LogP contribution in [0, 0.1) is 0 Å². The van der Waals surface area contributed by atoms with E-state index in [1.807, 2.05) is 54.1 Å². The van der Waals surface area contributed by atoms with Crippen molar-refractivity contribution in [1.29, 1.82) is 0 Å². The summed E-state index contributed by atoms with van der Waals surface area (Å²) in [5.74, 6) is -0.966. The average molecular weight is 545 g/mol. The van der Waals surface area contributed by atoms with Gasteiger partial charge < -0.3 is 21.7 Å². The fourth-order valence-corrected chi connectivity index (χ4v) is 5.46. The van der Waals surface area contributed by atoms with Gasteiger partial charge in [0, 0.05) is 0 Å². The van der Waals surface area contributed by atoms with Crippen LogP contribution in [0.25, 0.3) is 0 Å². The second-order valence-corrected chi connectivity index (χ2v) is 11.0. The normalized spacial score (nSPS) is 18.0. The maximum Gasteiger partial charge on any atom is 0.257 e. The van der Waals surface area contributed by atoms with Crippen LogP contribution < -0.4 is 21.7 Å². The Morgan fingerprint density at radius 2 is 1.77 bits per heavy atom. The van der Waals surface area contributed by atoms with Crippen LogP contribution in [-0.2, 0) is 27.1 Å². The van der Waals surface area contributed by atoms with E-state index in [9.17, 15) is 14.4 Å². The highest BCUT2D eigenvalue weighted by Gasteiger charge is 2.43. The first-order chi connectivity index (χ1) is 19.1. The van der Waals surface area contributed by atoms with Crippen LogP contribution in [-0.4, -0.2) is 33.5 Å². The van der Waals surface area contributed by atoms with Crippen molar-refractivity contribution < 1.29 is 14.4 Å². The molecule has 2 unspecified atom stereocenters. The summed E-state index contributed by atoms with van der Waals surface area (Å²) in [4.78, 5) is 39.9. The monoisotopic (exact) mass is 544 g/mol. The Morgan fingerprint density at radius 3 is 2.35 bits per heavy atom. The first-order valence-corrected chi connectivity index (χ1v) is 14.0. The molecule has 3 amide bonds. The zero-order valence-electron chi connectivity index (χ0n) is 24.0. The minimum Gasteiger partial charge on any atom is -0.368 e. The summed E-state index contributed by atoms with van der Waals surface area (Å²) in [7, 11) is 0. The Balaban J connectivity index is 1.73. The van der Waals surface area contributed by atoms with Crippen molar-refractivity contribution in [2.75, 3.05) is 5.32 Å². The lowest BCUT2D eigenvalue weighted by molar-refractivity contribution is -0.132. The molecule has 0 saturated carbocycles. The molecular formula is C31H40N6O3. The van der Waals surface area contributed by atoms with Gasteiger partial charge in [-0.3, -0.25) is 14.4 Å². The molecule has 4 rings (SSSR count). The Hall–Kier alpha value is -4.14. The van der Waals surface area contributed by atoms with Gasteiger partial charge in [-0.1, -0.05) is 75.4 Å². The van der Waals surface area contributed by atoms with Gasteiger partial charge in [-0.25, -0.2) is 4.68 Å². The van der Waals surface area contributed by atoms with Gasteiger partial charge in [0.15, 0.2) is 0 Å². The maximum atomic E-state index is 14.0. The van der Waals surface area contributed by atoms with Crippen molar-refractivity contribution in [3.8, 4) is 0 Å². The number of fused-ring (bicyclic) bond motifs is 1. The third kappa shape index (κ3) is 5.46. The van der Waals surface area contributed by atoms with Crippen LogP contribution in [0.5, 0.6) is 0 Å². The van der Waals surface area contributed by atoms with Crippen LogP contribution in [0.2, 0.25) is 0 Å². The molecule has 1 aliphatic heterocycles. The first kappa shape index (κ1) is 28.9. The number of anilines is 1. The van der Waals surface area contributed by atoms with Gasteiger partial charge in [0.1, 0.15) is 23.0 Å². The van der Waals surface area contributed by atoms with E-state index in [1.165, 1.54) is 0 Å². The second-order valence-electron chi connectivity index (χ2n) is 11.0. The van der Waals surface area contributed by atoms with E-state index in [1.54, 1.807) is 13.1 Å². The topological polar surface area (TPSA) is 131 Å². The number of hydrogen-bond acceptors (Lipinski definition) is 5. The second kappa shape index (κ2) is 11.5. The number of aryl methyl sites for hydroxylation is 1. The van der Waals surface area contributed by atoms with Crippen molar-refractivity contribution in [3.63, 3.8) is 0 Å². The standard InChI is InChI=1S/C31H40N6O3/c1-6-20-14-16-22(17-15-20)31(8-3,29(40)35-24(7-2)26(32)38)36-28(39)23-19-33-37-27(23)34-25(18-30(37,4)5)21-12-10-9-11-13-21/h9-17,19,24-25,34H,6-8,18H2,1-5H3,(H2,32,38)(H,35,40)(H,36,39)/t24?,25-,31?/m1/s1. The minimum absolute atomic E-state index is 0.0198. The zero-order chi connectivity index (χ0) is 29.1. The molecule has 1 aromatic heterocycles. The van der Waals surface area contributed by atoms with Crippen molar-refractivity contribution in [3.05, 3.63) is 83.0 Å². The van der Waals surface area contributed by atoms with Crippen molar-refractivity contribution in [2.45, 2.75) is 83.5 Å². The molecule has 0 saturated heterocycles. The van der Waals surface area contributed by atoms with Crippen LogP contribution in [0.1, 0.15) is 87.0 Å². The molecule has 0 radical (unpaired) electrons. The van der Waals surface area contributed by atoms with Crippen molar-refractivity contribution in [1.82, 2.24) is 20.4 Å². The number of hydrogen-bond donors (Lipinski definition) is 4. The van der Waals surface area contributed by atoms with Gasteiger partial charge in [-0.05, 0) is 56.2 Å². The number of nitrogens with two attached hydrogens (primary N) is 1. The van der Waals surface area contributed by atoms with Gasteiger partial charge in [0.2, 0.25) is 5.91 Å². The fourth-order valence-electron chi connectivity index (χ4n) is 5.46. The molecule has 212 valence electrons. The molecule has 0 fully saturated rings. The van der Waals surface area contributed by atoms with E-state index in [0.29, 0.717) is 23.4 Å². The smallest absolute Gasteiger partial charge is 0.257 e. The van der Waals surface area contributed by atoms with Gasteiger partial charge in [-0.15, -0.1) is 0 Å². The molecule has 2 heterocycles.